The number of hydrogen-bond acceptors (Lipinski definition) is 5. The predicted octanol–water partition coefficient (Wildman–Crippen LogP) is 3.42. The Kier molecular flexibility index (Phi) is 4.38. The van der Waals surface area contributed by atoms with Gasteiger partial charge in [-0.25, -0.2) is 0 Å². The lowest BCUT2D eigenvalue weighted by atomic mass is 9.75. The number of piperidine rings is 1. The molecular weight excluding hydrogens is 318 g/mol. The van der Waals surface area contributed by atoms with Gasteiger partial charge in [-0.15, -0.1) is 0 Å². The maximum absolute atomic E-state index is 10.2. The van der Waals surface area contributed by atoms with E-state index >= 15 is 0 Å². The zero-order valence-electron chi connectivity index (χ0n) is 15.2. The van der Waals surface area contributed by atoms with Crippen LogP contribution in [0.25, 0.3) is 0 Å². The summed E-state index contributed by atoms with van der Waals surface area (Å²) in [6.07, 6.45) is 9.23. The molecule has 0 amide bonds. The minimum Gasteiger partial charge on any atom is -0.508 e. The molecule has 136 valence electrons. The lowest BCUT2D eigenvalue weighted by molar-refractivity contribution is -0.0355. The smallest absolute Gasteiger partial charge is 0.156 e. The van der Waals surface area contributed by atoms with Crippen molar-refractivity contribution in [2.75, 3.05) is 27.9 Å². The number of ether oxygens (including phenoxy) is 3. The van der Waals surface area contributed by atoms with E-state index in [1.807, 2.05) is 6.08 Å². The van der Waals surface area contributed by atoms with E-state index in [0.29, 0.717) is 23.9 Å². The molecular formula is C20H27NO4. The van der Waals surface area contributed by atoms with E-state index in [2.05, 4.69) is 11.0 Å². The fraction of sp³-hybridized carbons (Fsp3) is 0.600. The summed E-state index contributed by atoms with van der Waals surface area (Å²) >= 11 is 0. The van der Waals surface area contributed by atoms with E-state index in [1.54, 1.807) is 21.3 Å². The van der Waals surface area contributed by atoms with Crippen molar-refractivity contribution in [3.05, 3.63) is 46.1 Å². The summed E-state index contributed by atoms with van der Waals surface area (Å²) in [5, 5.41) is 10.2. The van der Waals surface area contributed by atoms with Gasteiger partial charge in [-0.3, -0.25) is 4.90 Å². The van der Waals surface area contributed by atoms with Crippen LogP contribution in [0, 0.1) is 5.92 Å². The standard InChI is InChI=1S/C20H27NO4/c1-23-17-6-4-5-13-9-15-14-11-18(24-2)16(22)10-12(14)7-8-21(15)20(25-3)19(13)17/h9,11-12,15,20,22H,4-8,10H2,1-3H3. The second kappa shape index (κ2) is 6.54. The van der Waals surface area contributed by atoms with Crippen LogP contribution in [0.5, 0.6) is 0 Å². The molecule has 0 aromatic rings. The predicted molar refractivity (Wildman–Crippen MR) is 94.7 cm³/mol. The van der Waals surface area contributed by atoms with Crippen LogP contribution in [0.15, 0.2) is 46.1 Å². The number of aliphatic hydroxyl groups excluding tert-OH is 1. The third kappa shape index (κ3) is 2.61. The van der Waals surface area contributed by atoms with Gasteiger partial charge in [0.05, 0.1) is 20.3 Å². The molecule has 5 nitrogen and oxygen atoms in total. The van der Waals surface area contributed by atoms with E-state index in [0.717, 1.165) is 38.0 Å². The number of allylic oxidation sites excluding steroid dienone is 3. The van der Waals surface area contributed by atoms with E-state index < -0.39 is 0 Å². The maximum Gasteiger partial charge on any atom is 0.156 e. The first-order valence-electron chi connectivity index (χ1n) is 9.12. The van der Waals surface area contributed by atoms with Gasteiger partial charge in [0.1, 0.15) is 17.7 Å². The van der Waals surface area contributed by atoms with Crippen molar-refractivity contribution in [1.82, 2.24) is 4.90 Å². The van der Waals surface area contributed by atoms with Gasteiger partial charge in [0, 0.05) is 32.1 Å². The number of hydrogen-bond donors (Lipinski definition) is 1. The molecule has 1 fully saturated rings. The molecule has 0 aromatic heterocycles. The average Bonchev–Trinajstić information content (AvgIpc) is 2.64. The molecule has 1 N–H and O–H groups in total. The summed E-state index contributed by atoms with van der Waals surface area (Å²) < 4.78 is 17.0. The quantitative estimate of drug-likeness (QED) is 0.849. The van der Waals surface area contributed by atoms with Crippen LogP contribution in [0.2, 0.25) is 0 Å². The first kappa shape index (κ1) is 16.7. The fourth-order valence-electron chi connectivity index (χ4n) is 4.85. The second-order valence-electron chi connectivity index (χ2n) is 7.21. The Labute approximate surface area is 149 Å². The molecule has 0 radical (unpaired) electrons. The molecule has 3 unspecified atom stereocenters. The fourth-order valence-corrected chi connectivity index (χ4v) is 4.85. The largest absolute Gasteiger partial charge is 0.508 e. The van der Waals surface area contributed by atoms with Gasteiger partial charge in [-0.05, 0) is 42.4 Å². The summed E-state index contributed by atoms with van der Waals surface area (Å²) in [7, 11) is 5.17. The minimum atomic E-state index is -0.0624. The molecule has 2 heterocycles. The Balaban J connectivity index is 1.80. The molecule has 0 aromatic carbocycles. The van der Waals surface area contributed by atoms with Crippen LogP contribution < -0.4 is 0 Å². The number of methoxy groups -OCH3 is 3. The Morgan fingerprint density at radius 1 is 1.16 bits per heavy atom. The Morgan fingerprint density at radius 2 is 2.00 bits per heavy atom. The molecule has 4 rings (SSSR count). The summed E-state index contributed by atoms with van der Waals surface area (Å²) in [5.41, 5.74) is 3.92. The van der Waals surface area contributed by atoms with Crippen LogP contribution in [-0.4, -0.2) is 50.2 Å². The molecule has 3 atom stereocenters. The lowest BCUT2D eigenvalue weighted by Crippen LogP contribution is -2.54. The van der Waals surface area contributed by atoms with Crippen LogP contribution in [0.3, 0.4) is 0 Å². The van der Waals surface area contributed by atoms with Gasteiger partial charge < -0.3 is 19.3 Å². The highest BCUT2D eigenvalue weighted by molar-refractivity contribution is 5.47. The van der Waals surface area contributed by atoms with E-state index in [1.165, 1.54) is 16.7 Å². The first-order chi connectivity index (χ1) is 12.2. The first-order valence-corrected chi connectivity index (χ1v) is 9.12. The zero-order chi connectivity index (χ0) is 17.6. The van der Waals surface area contributed by atoms with Crippen molar-refractivity contribution in [3.8, 4) is 0 Å². The third-order valence-corrected chi connectivity index (χ3v) is 6.02. The Bertz CT molecular complexity index is 688. The van der Waals surface area contributed by atoms with Crippen molar-refractivity contribution in [2.24, 2.45) is 5.92 Å². The zero-order valence-corrected chi connectivity index (χ0v) is 15.2. The summed E-state index contributed by atoms with van der Waals surface area (Å²) in [6.45, 7) is 0.949. The van der Waals surface area contributed by atoms with Gasteiger partial charge in [0.15, 0.2) is 5.76 Å². The molecule has 5 heteroatoms. The van der Waals surface area contributed by atoms with Crippen LogP contribution in [0.4, 0.5) is 0 Å². The molecule has 2 aliphatic heterocycles. The third-order valence-electron chi connectivity index (χ3n) is 6.02. The molecule has 1 saturated heterocycles. The summed E-state index contributed by atoms with van der Waals surface area (Å²) in [5.74, 6) is 2.42. The Hall–Kier alpha value is -1.72. The van der Waals surface area contributed by atoms with E-state index in [4.69, 9.17) is 14.2 Å². The minimum absolute atomic E-state index is 0.0624. The van der Waals surface area contributed by atoms with Crippen molar-refractivity contribution in [1.29, 1.82) is 0 Å². The summed E-state index contributed by atoms with van der Waals surface area (Å²) in [4.78, 5) is 2.42. The number of rotatable bonds is 3. The van der Waals surface area contributed by atoms with Gasteiger partial charge in [0.2, 0.25) is 0 Å². The van der Waals surface area contributed by atoms with E-state index in [-0.39, 0.29) is 12.3 Å². The number of fused-ring (bicyclic) bond motifs is 4. The second-order valence-corrected chi connectivity index (χ2v) is 7.21. The summed E-state index contributed by atoms with van der Waals surface area (Å²) in [6, 6.07) is 0.205. The van der Waals surface area contributed by atoms with Gasteiger partial charge in [0.25, 0.3) is 0 Å². The van der Waals surface area contributed by atoms with Crippen molar-refractivity contribution < 1.29 is 19.3 Å². The van der Waals surface area contributed by atoms with E-state index in [9.17, 15) is 5.11 Å². The number of aliphatic hydroxyl groups is 1. The average molecular weight is 345 g/mol. The van der Waals surface area contributed by atoms with Crippen LogP contribution in [-0.2, 0) is 14.2 Å². The van der Waals surface area contributed by atoms with Gasteiger partial charge >= 0.3 is 0 Å². The highest BCUT2D eigenvalue weighted by Crippen LogP contribution is 2.46. The van der Waals surface area contributed by atoms with Gasteiger partial charge in [-0.2, -0.15) is 0 Å². The molecule has 2 aliphatic carbocycles. The molecule has 0 saturated carbocycles. The molecule has 25 heavy (non-hydrogen) atoms. The highest BCUT2D eigenvalue weighted by Gasteiger charge is 2.44. The lowest BCUT2D eigenvalue weighted by Gasteiger charge is -2.49. The molecule has 0 bridgehead atoms. The number of nitrogens with zero attached hydrogens (tertiary/aromatic N) is 1. The monoisotopic (exact) mass is 345 g/mol. The van der Waals surface area contributed by atoms with Crippen LogP contribution in [0.1, 0.15) is 32.1 Å². The normalized spacial score (nSPS) is 32.4. The Morgan fingerprint density at radius 3 is 2.72 bits per heavy atom. The van der Waals surface area contributed by atoms with Crippen molar-refractivity contribution in [2.45, 2.75) is 44.4 Å². The maximum atomic E-state index is 10.2. The molecule has 0 spiro atoms. The van der Waals surface area contributed by atoms with Crippen molar-refractivity contribution >= 4 is 0 Å². The van der Waals surface area contributed by atoms with Crippen LogP contribution >= 0.6 is 0 Å². The van der Waals surface area contributed by atoms with Crippen molar-refractivity contribution in [3.63, 3.8) is 0 Å². The van der Waals surface area contributed by atoms with Gasteiger partial charge in [-0.1, -0.05) is 6.08 Å². The highest BCUT2D eigenvalue weighted by atomic mass is 16.5. The molecule has 4 aliphatic rings. The SMILES string of the molecule is COC1=C(O)CC2CCN3C(C=C4CCCC(OC)=C4C3OC)C2=C1. The topological polar surface area (TPSA) is 51.2 Å².